The number of aromatic hydroxyl groups is 1. The Labute approximate surface area is 150 Å². The lowest BCUT2D eigenvalue weighted by Crippen LogP contribution is -2.34. The predicted octanol–water partition coefficient (Wildman–Crippen LogP) is 1.38. The third-order valence-electron chi connectivity index (χ3n) is 4.28. The van der Waals surface area contributed by atoms with Crippen LogP contribution in [0.15, 0.2) is 53.6 Å². The van der Waals surface area contributed by atoms with Crippen LogP contribution in [0.5, 0.6) is 11.5 Å². The summed E-state index contributed by atoms with van der Waals surface area (Å²) in [4.78, 5) is 24.5. The zero-order valence-electron chi connectivity index (χ0n) is 14.2. The summed E-state index contributed by atoms with van der Waals surface area (Å²) in [7, 11) is 1.46. The van der Waals surface area contributed by atoms with E-state index in [-0.39, 0.29) is 17.6 Å². The summed E-state index contributed by atoms with van der Waals surface area (Å²) in [6.45, 7) is 0.414. The minimum Gasteiger partial charge on any atom is -0.504 e. The van der Waals surface area contributed by atoms with Gasteiger partial charge in [-0.1, -0.05) is 30.3 Å². The average molecular weight is 353 g/mol. The molecule has 2 atom stereocenters. The van der Waals surface area contributed by atoms with E-state index in [1.54, 1.807) is 12.1 Å². The monoisotopic (exact) mass is 353 g/mol. The molecule has 3 N–H and O–H groups in total. The Morgan fingerprint density at radius 3 is 2.77 bits per heavy atom. The molecule has 2 aromatic carbocycles. The molecule has 0 spiro atoms. The van der Waals surface area contributed by atoms with Crippen molar-refractivity contribution in [2.24, 2.45) is 11.0 Å². The molecular formula is C19H19N3O4. The van der Waals surface area contributed by atoms with Crippen LogP contribution in [0.2, 0.25) is 0 Å². The molecule has 2 amide bonds. The maximum absolute atomic E-state index is 12.4. The Balaban J connectivity index is 1.68. The number of benzene rings is 2. The topological polar surface area (TPSA) is 100 Å². The average Bonchev–Trinajstić information content (AvgIpc) is 3.04. The number of rotatable bonds is 5. The van der Waals surface area contributed by atoms with Crippen LogP contribution in [-0.2, 0) is 9.59 Å². The summed E-state index contributed by atoms with van der Waals surface area (Å²) in [5, 5.41) is 16.4. The van der Waals surface area contributed by atoms with Gasteiger partial charge < -0.3 is 15.2 Å². The second kappa shape index (κ2) is 7.69. The van der Waals surface area contributed by atoms with Crippen LogP contribution in [0.1, 0.15) is 17.0 Å². The van der Waals surface area contributed by atoms with Crippen molar-refractivity contribution in [1.82, 2.24) is 10.7 Å². The molecule has 2 aromatic rings. The first-order chi connectivity index (χ1) is 12.6. The predicted molar refractivity (Wildman–Crippen MR) is 96.1 cm³/mol. The van der Waals surface area contributed by atoms with Gasteiger partial charge in [0.25, 0.3) is 5.91 Å². The van der Waals surface area contributed by atoms with E-state index in [0.29, 0.717) is 17.9 Å². The van der Waals surface area contributed by atoms with Crippen molar-refractivity contribution >= 4 is 18.0 Å². The molecule has 1 heterocycles. The molecule has 134 valence electrons. The van der Waals surface area contributed by atoms with Gasteiger partial charge in [0.1, 0.15) is 5.92 Å². The standard InChI is InChI=1S/C19H19N3O4/c1-26-16-8-7-12(9-15(16)23)10-21-22-19(25)17-14(11-20-18(17)24)13-5-3-2-4-6-13/h2-10,14,17,23H,11H2,1H3,(H,20,24)(H,22,25)/b21-10-. The highest BCUT2D eigenvalue weighted by molar-refractivity contribution is 6.03. The zero-order chi connectivity index (χ0) is 18.5. The van der Waals surface area contributed by atoms with E-state index in [1.165, 1.54) is 19.4 Å². The lowest BCUT2D eigenvalue weighted by atomic mass is 9.88. The second-order valence-electron chi connectivity index (χ2n) is 5.91. The maximum atomic E-state index is 12.4. The number of hydrogen-bond donors (Lipinski definition) is 3. The Bertz CT molecular complexity index is 836. The third-order valence-corrected chi connectivity index (χ3v) is 4.28. The Morgan fingerprint density at radius 2 is 2.08 bits per heavy atom. The summed E-state index contributed by atoms with van der Waals surface area (Å²) >= 11 is 0. The summed E-state index contributed by atoms with van der Waals surface area (Å²) in [5.74, 6) is -1.53. The number of amides is 2. The lowest BCUT2D eigenvalue weighted by molar-refractivity contribution is -0.133. The van der Waals surface area contributed by atoms with Gasteiger partial charge in [-0.2, -0.15) is 5.10 Å². The summed E-state index contributed by atoms with van der Waals surface area (Å²) in [6.07, 6.45) is 1.39. The lowest BCUT2D eigenvalue weighted by Gasteiger charge is -2.15. The van der Waals surface area contributed by atoms with Crippen molar-refractivity contribution in [3.05, 3.63) is 59.7 Å². The molecule has 0 radical (unpaired) electrons. The fraction of sp³-hybridized carbons (Fsp3) is 0.211. The van der Waals surface area contributed by atoms with Crippen LogP contribution in [0.25, 0.3) is 0 Å². The van der Waals surface area contributed by atoms with Crippen LogP contribution in [-0.4, -0.2) is 36.8 Å². The molecule has 26 heavy (non-hydrogen) atoms. The number of phenolic OH excluding ortho intramolecular Hbond substituents is 1. The van der Waals surface area contributed by atoms with Crippen LogP contribution in [0, 0.1) is 5.92 Å². The van der Waals surface area contributed by atoms with Crippen LogP contribution in [0.3, 0.4) is 0 Å². The molecule has 3 rings (SSSR count). The molecule has 1 fully saturated rings. The second-order valence-corrected chi connectivity index (χ2v) is 5.91. The van der Waals surface area contributed by atoms with Crippen molar-refractivity contribution < 1.29 is 19.4 Å². The summed E-state index contributed by atoms with van der Waals surface area (Å²) in [5.41, 5.74) is 3.92. The van der Waals surface area contributed by atoms with Gasteiger partial charge in [0, 0.05) is 12.5 Å². The van der Waals surface area contributed by atoms with Crippen molar-refractivity contribution in [2.45, 2.75) is 5.92 Å². The summed E-state index contributed by atoms with van der Waals surface area (Å²) < 4.78 is 4.97. The molecule has 1 saturated heterocycles. The number of hydrogen-bond acceptors (Lipinski definition) is 5. The Kier molecular flexibility index (Phi) is 5.17. The number of ether oxygens (including phenoxy) is 1. The Morgan fingerprint density at radius 1 is 1.31 bits per heavy atom. The fourth-order valence-corrected chi connectivity index (χ4v) is 2.96. The fourth-order valence-electron chi connectivity index (χ4n) is 2.96. The normalized spacial score (nSPS) is 19.3. The van der Waals surface area contributed by atoms with Gasteiger partial charge in [0.15, 0.2) is 11.5 Å². The van der Waals surface area contributed by atoms with Gasteiger partial charge in [-0.05, 0) is 29.3 Å². The molecule has 1 aliphatic rings. The minimum absolute atomic E-state index is 0.0258. The summed E-state index contributed by atoms with van der Waals surface area (Å²) in [6, 6.07) is 14.2. The van der Waals surface area contributed by atoms with E-state index in [4.69, 9.17) is 4.74 Å². The molecular weight excluding hydrogens is 334 g/mol. The highest BCUT2D eigenvalue weighted by atomic mass is 16.5. The molecule has 1 aliphatic heterocycles. The molecule has 0 bridgehead atoms. The first kappa shape index (κ1) is 17.5. The SMILES string of the molecule is COc1ccc(/C=N\NC(=O)C2C(=O)NCC2c2ccccc2)cc1O. The quantitative estimate of drug-likeness (QED) is 0.429. The molecule has 0 aromatic heterocycles. The molecule has 2 unspecified atom stereocenters. The number of phenols is 1. The third kappa shape index (κ3) is 3.66. The number of carbonyl (C=O) groups is 2. The van der Waals surface area contributed by atoms with Crippen LogP contribution >= 0.6 is 0 Å². The van der Waals surface area contributed by atoms with Crippen LogP contribution < -0.4 is 15.5 Å². The van der Waals surface area contributed by atoms with E-state index < -0.39 is 11.8 Å². The number of methoxy groups -OCH3 is 1. The number of hydrazone groups is 1. The van der Waals surface area contributed by atoms with E-state index in [9.17, 15) is 14.7 Å². The molecule has 7 nitrogen and oxygen atoms in total. The van der Waals surface area contributed by atoms with Crippen molar-refractivity contribution in [3.8, 4) is 11.5 Å². The first-order valence-electron chi connectivity index (χ1n) is 8.12. The molecule has 0 saturated carbocycles. The smallest absolute Gasteiger partial charge is 0.253 e. The van der Waals surface area contributed by atoms with Crippen molar-refractivity contribution in [1.29, 1.82) is 0 Å². The van der Waals surface area contributed by atoms with E-state index >= 15 is 0 Å². The van der Waals surface area contributed by atoms with Gasteiger partial charge in [-0.25, -0.2) is 5.43 Å². The molecule has 7 heteroatoms. The largest absolute Gasteiger partial charge is 0.504 e. The van der Waals surface area contributed by atoms with Crippen molar-refractivity contribution in [2.75, 3.05) is 13.7 Å². The van der Waals surface area contributed by atoms with Crippen LogP contribution in [0.4, 0.5) is 0 Å². The van der Waals surface area contributed by atoms with E-state index in [1.807, 2.05) is 30.3 Å². The minimum atomic E-state index is -0.834. The van der Waals surface area contributed by atoms with Gasteiger partial charge in [-0.3, -0.25) is 9.59 Å². The number of carbonyl (C=O) groups excluding carboxylic acids is 2. The first-order valence-corrected chi connectivity index (χ1v) is 8.12. The van der Waals surface area contributed by atoms with Gasteiger partial charge in [0.05, 0.1) is 13.3 Å². The zero-order valence-corrected chi connectivity index (χ0v) is 14.2. The van der Waals surface area contributed by atoms with Gasteiger partial charge >= 0.3 is 0 Å². The van der Waals surface area contributed by atoms with Crippen molar-refractivity contribution in [3.63, 3.8) is 0 Å². The highest BCUT2D eigenvalue weighted by Crippen LogP contribution is 2.29. The number of nitrogens with zero attached hydrogens (tertiary/aromatic N) is 1. The van der Waals surface area contributed by atoms with Gasteiger partial charge in [0.2, 0.25) is 5.91 Å². The maximum Gasteiger partial charge on any atom is 0.253 e. The Hall–Kier alpha value is -3.35. The highest BCUT2D eigenvalue weighted by Gasteiger charge is 2.40. The van der Waals surface area contributed by atoms with E-state index in [0.717, 1.165) is 5.56 Å². The number of nitrogens with one attached hydrogen (secondary N) is 2. The van der Waals surface area contributed by atoms with E-state index in [2.05, 4.69) is 15.8 Å². The molecule has 0 aliphatic carbocycles. The van der Waals surface area contributed by atoms with Gasteiger partial charge in [-0.15, -0.1) is 0 Å².